The van der Waals surface area contributed by atoms with Crippen LogP contribution in [0.5, 0.6) is 5.75 Å². The third-order valence-corrected chi connectivity index (χ3v) is 2.61. The Morgan fingerprint density at radius 2 is 1.73 bits per heavy atom. The maximum atomic E-state index is 11.7. The van der Waals surface area contributed by atoms with Gasteiger partial charge < -0.3 is 4.74 Å². The summed E-state index contributed by atoms with van der Waals surface area (Å²) in [7, 11) is 0. The first-order chi connectivity index (χ1) is 6.91. The Morgan fingerprint density at radius 3 is 2.20 bits per heavy atom. The van der Waals surface area contributed by atoms with E-state index in [9.17, 15) is 4.79 Å². The Bertz CT molecular complexity index is 322. The Labute approximate surface area is 91.3 Å². The Hall–Kier alpha value is -1.31. The van der Waals surface area contributed by atoms with Gasteiger partial charge in [0.1, 0.15) is 5.75 Å². The maximum absolute atomic E-state index is 11.7. The lowest BCUT2D eigenvalue weighted by Gasteiger charge is -2.25. The molecular weight excluding hydrogens is 188 g/mol. The van der Waals surface area contributed by atoms with Gasteiger partial charge >= 0.3 is 5.97 Å². The molecule has 0 aliphatic rings. The lowest BCUT2D eigenvalue weighted by molar-refractivity contribution is -0.141. The Balaban J connectivity index is 2.65. The summed E-state index contributed by atoms with van der Waals surface area (Å²) in [5.74, 6) is 0.324. The van der Waals surface area contributed by atoms with E-state index < -0.39 is 0 Å². The molecule has 0 heterocycles. The number of rotatable bonds is 2. The number of hydrogen-bond acceptors (Lipinski definition) is 2. The molecule has 1 aromatic rings. The smallest absolute Gasteiger partial charge is 0.314 e. The first-order valence-electron chi connectivity index (χ1n) is 5.18. The van der Waals surface area contributed by atoms with Crippen molar-refractivity contribution in [1.29, 1.82) is 0 Å². The molecule has 82 valence electrons. The molecule has 1 aromatic carbocycles. The SMILES string of the molecule is CC(C(=O)Oc1ccccc1)C(C)(C)C. The quantitative estimate of drug-likeness (QED) is 0.548. The molecule has 15 heavy (non-hydrogen) atoms. The topological polar surface area (TPSA) is 26.3 Å². The molecule has 0 fully saturated rings. The minimum atomic E-state index is -0.172. The van der Waals surface area contributed by atoms with E-state index in [0.29, 0.717) is 5.75 Å². The molecule has 0 spiro atoms. The van der Waals surface area contributed by atoms with Gasteiger partial charge in [0.05, 0.1) is 5.92 Å². The normalized spacial score (nSPS) is 13.3. The predicted octanol–water partition coefficient (Wildman–Crippen LogP) is 3.27. The minimum Gasteiger partial charge on any atom is -0.426 e. The van der Waals surface area contributed by atoms with Gasteiger partial charge in [0, 0.05) is 0 Å². The fourth-order valence-electron chi connectivity index (χ4n) is 1.05. The van der Waals surface area contributed by atoms with Gasteiger partial charge in [0.25, 0.3) is 0 Å². The second-order valence-electron chi connectivity index (χ2n) is 4.82. The lowest BCUT2D eigenvalue weighted by Crippen LogP contribution is -2.29. The van der Waals surface area contributed by atoms with Crippen molar-refractivity contribution in [2.75, 3.05) is 0 Å². The summed E-state index contributed by atoms with van der Waals surface area (Å²) in [5.41, 5.74) is -0.0636. The minimum absolute atomic E-state index is 0.0636. The predicted molar refractivity (Wildman–Crippen MR) is 60.7 cm³/mol. The van der Waals surface area contributed by atoms with Crippen LogP contribution < -0.4 is 4.74 Å². The molecule has 2 heteroatoms. The highest BCUT2D eigenvalue weighted by Crippen LogP contribution is 2.26. The lowest BCUT2D eigenvalue weighted by atomic mass is 9.82. The van der Waals surface area contributed by atoms with E-state index >= 15 is 0 Å². The molecule has 0 aliphatic heterocycles. The van der Waals surface area contributed by atoms with Crippen LogP contribution in [-0.4, -0.2) is 5.97 Å². The average molecular weight is 206 g/mol. The zero-order valence-corrected chi connectivity index (χ0v) is 9.78. The van der Waals surface area contributed by atoms with Crippen LogP contribution in [0, 0.1) is 11.3 Å². The molecule has 0 N–H and O–H groups in total. The molecule has 0 amide bonds. The number of carbonyl (C=O) groups is 1. The van der Waals surface area contributed by atoms with E-state index in [1.807, 2.05) is 45.9 Å². The third-order valence-electron chi connectivity index (χ3n) is 2.61. The Kier molecular flexibility index (Phi) is 3.51. The molecule has 0 bridgehead atoms. The molecule has 1 unspecified atom stereocenters. The fourth-order valence-corrected chi connectivity index (χ4v) is 1.05. The number of esters is 1. The number of carbonyl (C=O) groups excluding carboxylic acids is 1. The van der Waals surface area contributed by atoms with Crippen LogP contribution in [0.4, 0.5) is 0 Å². The summed E-state index contributed by atoms with van der Waals surface area (Å²) >= 11 is 0. The number of benzene rings is 1. The summed E-state index contributed by atoms with van der Waals surface area (Å²) in [6.45, 7) is 7.99. The second kappa shape index (κ2) is 4.47. The molecule has 0 aromatic heterocycles. The van der Waals surface area contributed by atoms with Gasteiger partial charge in [-0.15, -0.1) is 0 Å². The summed E-state index contributed by atoms with van der Waals surface area (Å²) in [5, 5.41) is 0. The molecule has 0 radical (unpaired) electrons. The van der Waals surface area contributed by atoms with Crippen molar-refractivity contribution in [3.8, 4) is 5.75 Å². The highest BCUT2D eigenvalue weighted by molar-refractivity contribution is 5.75. The summed E-state index contributed by atoms with van der Waals surface area (Å²) in [4.78, 5) is 11.7. The van der Waals surface area contributed by atoms with Gasteiger partial charge in [-0.2, -0.15) is 0 Å². The summed E-state index contributed by atoms with van der Waals surface area (Å²) in [6, 6.07) is 9.17. The highest BCUT2D eigenvalue weighted by Gasteiger charge is 2.28. The summed E-state index contributed by atoms with van der Waals surface area (Å²) in [6.07, 6.45) is 0. The van der Waals surface area contributed by atoms with Crippen LogP contribution in [-0.2, 0) is 4.79 Å². The van der Waals surface area contributed by atoms with E-state index in [-0.39, 0.29) is 17.3 Å². The number of ether oxygens (including phenoxy) is 1. The standard InChI is InChI=1S/C13H18O2/c1-10(13(2,3)4)12(14)15-11-8-6-5-7-9-11/h5-10H,1-4H3. The number of para-hydroxylation sites is 1. The zero-order valence-electron chi connectivity index (χ0n) is 9.78. The van der Waals surface area contributed by atoms with Crippen molar-refractivity contribution in [3.63, 3.8) is 0 Å². The maximum Gasteiger partial charge on any atom is 0.314 e. The second-order valence-corrected chi connectivity index (χ2v) is 4.82. The number of hydrogen-bond donors (Lipinski definition) is 0. The van der Waals surface area contributed by atoms with Crippen molar-refractivity contribution in [1.82, 2.24) is 0 Å². The largest absolute Gasteiger partial charge is 0.426 e. The molecule has 0 saturated carbocycles. The van der Waals surface area contributed by atoms with Gasteiger partial charge in [-0.1, -0.05) is 45.9 Å². The molecule has 0 saturated heterocycles. The van der Waals surface area contributed by atoms with Crippen molar-refractivity contribution >= 4 is 5.97 Å². The molecule has 1 atom stereocenters. The van der Waals surface area contributed by atoms with E-state index in [1.54, 1.807) is 12.1 Å². The van der Waals surface area contributed by atoms with Crippen molar-refractivity contribution in [3.05, 3.63) is 30.3 Å². The molecule has 0 aliphatic carbocycles. The summed E-state index contributed by atoms with van der Waals surface area (Å²) < 4.78 is 5.26. The van der Waals surface area contributed by atoms with E-state index in [0.717, 1.165) is 0 Å². The van der Waals surface area contributed by atoms with E-state index in [1.165, 1.54) is 0 Å². The van der Waals surface area contributed by atoms with E-state index in [2.05, 4.69) is 0 Å². The van der Waals surface area contributed by atoms with Gasteiger partial charge in [-0.3, -0.25) is 4.79 Å². The van der Waals surface area contributed by atoms with Crippen LogP contribution in [0.15, 0.2) is 30.3 Å². The fraction of sp³-hybridized carbons (Fsp3) is 0.462. The van der Waals surface area contributed by atoms with Crippen molar-refractivity contribution in [2.24, 2.45) is 11.3 Å². The first-order valence-corrected chi connectivity index (χ1v) is 5.18. The zero-order chi connectivity index (χ0) is 11.5. The van der Waals surface area contributed by atoms with Crippen LogP contribution in [0.1, 0.15) is 27.7 Å². The van der Waals surface area contributed by atoms with Gasteiger partial charge in [-0.25, -0.2) is 0 Å². The van der Waals surface area contributed by atoms with Crippen LogP contribution in [0.25, 0.3) is 0 Å². The van der Waals surface area contributed by atoms with Crippen LogP contribution >= 0.6 is 0 Å². The van der Waals surface area contributed by atoms with Crippen LogP contribution in [0.2, 0.25) is 0 Å². The van der Waals surface area contributed by atoms with Crippen molar-refractivity contribution < 1.29 is 9.53 Å². The van der Waals surface area contributed by atoms with Gasteiger partial charge in [0.15, 0.2) is 0 Å². The Morgan fingerprint density at radius 1 is 1.20 bits per heavy atom. The first kappa shape index (κ1) is 11.8. The molecular formula is C13H18O2. The third kappa shape index (κ3) is 3.39. The van der Waals surface area contributed by atoms with Crippen molar-refractivity contribution in [2.45, 2.75) is 27.7 Å². The van der Waals surface area contributed by atoms with Crippen LogP contribution in [0.3, 0.4) is 0 Å². The average Bonchev–Trinajstić information content (AvgIpc) is 2.16. The van der Waals surface area contributed by atoms with Gasteiger partial charge in [-0.05, 0) is 17.5 Å². The highest BCUT2D eigenvalue weighted by atomic mass is 16.5. The monoisotopic (exact) mass is 206 g/mol. The van der Waals surface area contributed by atoms with Gasteiger partial charge in [0.2, 0.25) is 0 Å². The molecule has 1 rings (SSSR count). The molecule has 2 nitrogen and oxygen atoms in total. The van der Waals surface area contributed by atoms with E-state index in [4.69, 9.17) is 4.74 Å².